The van der Waals surface area contributed by atoms with Crippen molar-refractivity contribution in [2.75, 3.05) is 6.61 Å². The van der Waals surface area contributed by atoms with Crippen LogP contribution < -0.4 is 0 Å². The highest BCUT2D eigenvalue weighted by Crippen LogP contribution is 2.61. The third kappa shape index (κ3) is 1.72. The summed E-state index contributed by atoms with van der Waals surface area (Å²) in [4.78, 5) is 12.7. The number of carbonyl (C=O) groups is 1. The Morgan fingerprint density at radius 1 is 1.13 bits per heavy atom. The lowest BCUT2D eigenvalue weighted by Crippen LogP contribution is -2.46. The van der Waals surface area contributed by atoms with Gasteiger partial charge in [-0.1, -0.05) is 48.5 Å². The SMILES string of the molecule is CCOC(=O)C1(C#N)CC2c3ccccc3C1c1ccccc12. The maximum Gasteiger partial charge on any atom is 0.327 e. The van der Waals surface area contributed by atoms with Gasteiger partial charge in [0.25, 0.3) is 0 Å². The van der Waals surface area contributed by atoms with Crippen LogP contribution in [0.4, 0.5) is 0 Å². The molecule has 5 rings (SSSR count). The van der Waals surface area contributed by atoms with Gasteiger partial charge in [-0.05, 0) is 35.6 Å². The van der Waals surface area contributed by atoms with Gasteiger partial charge in [-0.15, -0.1) is 0 Å². The Kier molecular flexibility index (Phi) is 3.02. The van der Waals surface area contributed by atoms with Gasteiger partial charge in [0, 0.05) is 11.8 Å². The lowest BCUT2D eigenvalue weighted by Gasteiger charge is -2.48. The van der Waals surface area contributed by atoms with E-state index in [1.165, 1.54) is 11.1 Å². The van der Waals surface area contributed by atoms with Gasteiger partial charge in [-0.25, -0.2) is 0 Å². The Morgan fingerprint density at radius 2 is 1.65 bits per heavy atom. The fourth-order valence-corrected chi connectivity index (χ4v) is 4.32. The van der Waals surface area contributed by atoms with E-state index in [0.717, 1.165) is 11.1 Å². The number of ether oxygens (including phenoxy) is 1. The molecule has 0 radical (unpaired) electrons. The molecule has 0 heterocycles. The van der Waals surface area contributed by atoms with E-state index < -0.39 is 5.41 Å². The second kappa shape index (κ2) is 4.96. The molecule has 2 aromatic rings. The molecule has 2 bridgehead atoms. The smallest absolute Gasteiger partial charge is 0.327 e. The molecule has 0 spiro atoms. The summed E-state index contributed by atoms with van der Waals surface area (Å²) in [6.07, 6.45) is 0.501. The minimum atomic E-state index is -1.12. The van der Waals surface area contributed by atoms with E-state index in [9.17, 15) is 10.1 Å². The van der Waals surface area contributed by atoms with Crippen LogP contribution in [0.1, 0.15) is 47.4 Å². The molecule has 0 fully saturated rings. The van der Waals surface area contributed by atoms with Crippen LogP contribution in [0.25, 0.3) is 0 Å². The van der Waals surface area contributed by atoms with E-state index in [4.69, 9.17) is 4.74 Å². The summed E-state index contributed by atoms with van der Waals surface area (Å²) >= 11 is 0. The van der Waals surface area contributed by atoms with Crippen LogP contribution in [0.5, 0.6) is 0 Å². The molecule has 0 aliphatic heterocycles. The fourth-order valence-electron chi connectivity index (χ4n) is 4.32. The number of nitrogens with zero attached hydrogens (tertiary/aromatic N) is 1. The van der Waals surface area contributed by atoms with Crippen molar-refractivity contribution in [2.45, 2.75) is 25.2 Å². The second-order valence-electron chi connectivity index (χ2n) is 6.25. The van der Waals surface area contributed by atoms with Gasteiger partial charge in [0.1, 0.15) is 0 Å². The maximum atomic E-state index is 12.7. The summed E-state index contributed by atoms with van der Waals surface area (Å²) in [5, 5.41) is 9.96. The number of benzene rings is 2. The van der Waals surface area contributed by atoms with Crippen molar-refractivity contribution in [3.8, 4) is 6.07 Å². The topological polar surface area (TPSA) is 50.1 Å². The van der Waals surface area contributed by atoms with Crippen molar-refractivity contribution >= 4 is 5.97 Å². The lowest BCUT2D eigenvalue weighted by atomic mass is 9.52. The molecule has 3 aliphatic carbocycles. The first-order valence-corrected chi connectivity index (χ1v) is 7.99. The van der Waals surface area contributed by atoms with E-state index in [1.54, 1.807) is 6.92 Å². The van der Waals surface area contributed by atoms with Gasteiger partial charge in [-0.2, -0.15) is 5.26 Å². The molecule has 114 valence electrons. The average Bonchev–Trinajstić information content (AvgIpc) is 2.61. The average molecular weight is 303 g/mol. The summed E-state index contributed by atoms with van der Waals surface area (Å²) in [6, 6.07) is 18.7. The molecule has 3 nitrogen and oxygen atoms in total. The molecule has 1 unspecified atom stereocenters. The number of carbonyl (C=O) groups excluding carboxylic acids is 1. The quantitative estimate of drug-likeness (QED) is 0.794. The first-order chi connectivity index (χ1) is 11.2. The Morgan fingerprint density at radius 3 is 2.13 bits per heavy atom. The van der Waals surface area contributed by atoms with Gasteiger partial charge in [0.2, 0.25) is 0 Å². The van der Waals surface area contributed by atoms with Crippen LogP contribution in [0.15, 0.2) is 48.5 Å². The zero-order valence-corrected chi connectivity index (χ0v) is 13.0. The van der Waals surface area contributed by atoms with Crippen molar-refractivity contribution in [1.29, 1.82) is 5.26 Å². The summed E-state index contributed by atoms with van der Waals surface area (Å²) in [5.41, 5.74) is 3.55. The summed E-state index contributed by atoms with van der Waals surface area (Å²) in [6.45, 7) is 2.08. The first-order valence-electron chi connectivity index (χ1n) is 7.99. The van der Waals surface area contributed by atoms with E-state index >= 15 is 0 Å². The molecule has 0 N–H and O–H groups in total. The lowest BCUT2D eigenvalue weighted by molar-refractivity contribution is -0.154. The predicted octanol–water partition coefficient (Wildman–Crippen LogP) is 3.74. The van der Waals surface area contributed by atoms with E-state index in [1.807, 2.05) is 36.4 Å². The molecule has 1 atom stereocenters. The van der Waals surface area contributed by atoms with Crippen molar-refractivity contribution in [3.63, 3.8) is 0 Å². The number of hydrogen-bond acceptors (Lipinski definition) is 3. The predicted molar refractivity (Wildman–Crippen MR) is 85.9 cm³/mol. The van der Waals surface area contributed by atoms with Crippen molar-refractivity contribution < 1.29 is 9.53 Å². The van der Waals surface area contributed by atoms with Crippen LogP contribution in [0.3, 0.4) is 0 Å². The van der Waals surface area contributed by atoms with E-state index in [-0.39, 0.29) is 17.8 Å². The molecule has 0 aromatic heterocycles. The Balaban J connectivity index is 1.99. The minimum Gasteiger partial charge on any atom is -0.465 e. The van der Waals surface area contributed by atoms with Crippen molar-refractivity contribution in [1.82, 2.24) is 0 Å². The highest BCUT2D eigenvalue weighted by Gasteiger charge is 2.58. The largest absolute Gasteiger partial charge is 0.465 e. The number of fused-ring (bicyclic) bond motifs is 1. The molecule has 0 saturated heterocycles. The summed E-state index contributed by atoms with van der Waals surface area (Å²) in [5.74, 6) is -0.554. The Hall–Kier alpha value is -2.60. The van der Waals surface area contributed by atoms with Crippen LogP contribution in [0, 0.1) is 16.7 Å². The zero-order valence-electron chi connectivity index (χ0n) is 13.0. The third-order valence-electron chi connectivity index (χ3n) is 5.22. The van der Waals surface area contributed by atoms with Crippen molar-refractivity contribution in [2.24, 2.45) is 5.41 Å². The van der Waals surface area contributed by atoms with Crippen LogP contribution in [0.2, 0.25) is 0 Å². The molecule has 0 amide bonds. The van der Waals surface area contributed by atoms with Crippen LogP contribution in [-0.2, 0) is 9.53 Å². The normalized spacial score (nSPS) is 26.8. The van der Waals surface area contributed by atoms with E-state index in [2.05, 4.69) is 18.2 Å². The van der Waals surface area contributed by atoms with Crippen LogP contribution in [-0.4, -0.2) is 12.6 Å². The fraction of sp³-hybridized carbons (Fsp3) is 0.300. The molecule has 3 aliphatic rings. The molecule has 2 aromatic carbocycles. The Labute approximate surface area is 135 Å². The summed E-state index contributed by atoms with van der Waals surface area (Å²) < 4.78 is 5.30. The molecule has 0 saturated carbocycles. The van der Waals surface area contributed by atoms with Gasteiger partial charge in [0.05, 0.1) is 12.7 Å². The standard InChI is InChI=1S/C20H17NO2/c1-2-23-19(22)20(12-21)11-17-13-7-3-5-9-15(13)18(20)16-10-6-4-8-14(16)17/h3-10,17-18H,2,11H2,1H3. The second-order valence-corrected chi connectivity index (χ2v) is 6.25. The maximum absolute atomic E-state index is 12.7. The zero-order chi connectivity index (χ0) is 16.0. The van der Waals surface area contributed by atoms with Crippen molar-refractivity contribution in [3.05, 3.63) is 70.8 Å². The highest BCUT2D eigenvalue weighted by atomic mass is 16.5. The number of nitriles is 1. The van der Waals surface area contributed by atoms with Gasteiger partial charge >= 0.3 is 5.97 Å². The molecular weight excluding hydrogens is 286 g/mol. The Bertz CT molecular complexity index is 788. The first kappa shape index (κ1) is 14.0. The monoisotopic (exact) mass is 303 g/mol. The number of rotatable bonds is 2. The van der Waals surface area contributed by atoms with Gasteiger partial charge in [0.15, 0.2) is 5.41 Å². The molecule has 23 heavy (non-hydrogen) atoms. The highest BCUT2D eigenvalue weighted by molar-refractivity contribution is 5.85. The minimum absolute atomic E-state index is 0.0801. The van der Waals surface area contributed by atoms with Crippen LogP contribution >= 0.6 is 0 Å². The number of hydrogen-bond donors (Lipinski definition) is 0. The van der Waals surface area contributed by atoms with Gasteiger partial charge in [-0.3, -0.25) is 4.79 Å². The van der Waals surface area contributed by atoms with Gasteiger partial charge < -0.3 is 4.74 Å². The molecule has 3 heteroatoms. The third-order valence-corrected chi connectivity index (χ3v) is 5.22. The van der Waals surface area contributed by atoms with E-state index in [0.29, 0.717) is 13.0 Å². The number of esters is 1. The molecular formula is C20H17NO2. The summed E-state index contributed by atoms with van der Waals surface area (Å²) in [7, 11) is 0.